The predicted octanol–water partition coefficient (Wildman–Crippen LogP) is 3.12. The first-order valence-electron chi connectivity index (χ1n) is 5.11. The molecular weight excluding hydrogens is 364 g/mol. The van der Waals surface area contributed by atoms with Crippen molar-refractivity contribution < 1.29 is 13.5 Å². The Morgan fingerprint density at radius 3 is 2.71 bits per heavy atom. The summed E-state index contributed by atoms with van der Waals surface area (Å²) < 4.78 is 29.2. The quantitative estimate of drug-likeness (QED) is 0.435. The topological polar surface area (TPSA) is 35.0 Å². The van der Waals surface area contributed by atoms with Gasteiger partial charge in [-0.15, -0.1) is 0 Å². The van der Waals surface area contributed by atoms with E-state index in [1.165, 1.54) is 0 Å². The highest BCUT2D eigenvalue weighted by Gasteiger charge is 2.09. The highest BCUT2D eigenvalue weighted by molar-refractivity contribution is 14.1. The summed E-state index contributed by atoms with van der Waals surface area (Å²) in [6, 6.07) is 0. The monoisotopic (exact) mass is 376 g/mol. The lowest BCUT2D eigenvalue weighted by atomic mass is 10.3. The van der Waals surface area contributed by atoms with E-state index in [0.717, 1.165) is 15.7 Å². The third kappa shape index (κ3) is 4.97. The van der Waals surface area contributed by atoms with Crippen LogP contribution in [0.1, 0.15) is 18.4 Å². The molecule has 1 aromatic heterocycles. The Morgan fingerprint density at radius 2 is 2.12 bits per heavy atom. The van der Waals surface area contributed by atoms with Crippen molar-refractivity contribution in [3.8, 4) is 0 Å². The fourth-order valence-corrected chi connectivity index (χ4v) is 2.02. The van der Waals surface area contributed by atoms with Crippen LogP contribution in [0.25, 0.3) is 0 Å². The van der Waals surface area contributed by atoms with E-state index in [2.05, 4.69) is 32.6 Å². The van der Waals surface area contributed by atoms with Gasteiger partial charge in [-0.25, -0.2) is 18.7 Å². The molecule has 3 nitrogen and oxygen atoms in total. The molecule has 0 spiro atoms. The minimum Gasteiger partial charge on any atom is -0.375 e. The second kappa shape index (κ2) is 7.38. The second-order valence-corrected chi connectivity index (χ2v) is 4.70. The molecule has 0 aliphatic heterocycles. The number of rotatable bonds is 6. The van der Waals surface area contributed by atoms with Gasteiger partial charge in [-0.2, -0.15) is 0 Å². The molecule has 1 aromatic rings. The van der Waals surface area contributed by atoms with E-state index in [1.807, 2.05) is 6.92 Å². The van der Waals surface area contributed by atoms with Crippen LogP contribution >= 0.6 is 34.2 Å². The van der Waals surface area contributed by atoms with Crippen molar-refractivity contribution in [2.24, 2.45) is 0 Å². The van der Waals surface area contributed by atoms with Crippen LogP contribution in [0.3, 0.4) is 0 Å². The van der Waals surface area contributed by atoms with E-state index in [0.29, 0.717) is 17.4 Å². The fraction of sp³-hybridized carbons (Fsp3) is 0.600. The molecular formula is C10H12ClF2IN2O. The van der Waals surface area contributed by atoms with Crippen LogP contribution in [-0.2, 0) is 17.6 Å². The maximum Gasteiger partial charge on any atom is 0.261 e. The molecule has 96 valence electrons. The second-order valence-electron chi connectivity index (χ2n) is 3.26. The minimum absolute atomic E-state index is 0.171. The first-order chi connectivity index (χ1) is 8.04. The Morgan fingerprint density at radius 1 is 1.41 bits per heavy atom. The Hall–Kier alpha value is -0.0800. The van der Waals surface area contributed by atoms with Crippen LogP contribution in [0.2, 0.25) is 5.15 Å². The first-order valence-corrected chi connectivity index (χ1v) is 6.57. The molecule has 0 saturated heterocycles. The molecule has 0 radical (unpaired) electrons. The largest absolute Gasteiger partial charge is 0.375 e. The number of halogens is 4. The number of hydrogen-bond acceptors (Lipinski definition) is 3. The number of aryl methyl sites for hydroxylation is 1. The molecule has 17 heavy (non-hydrogen) atoms. The Bertz CT molecular complexity index is 380. The average molecular weight is 377 g/mol. The summed E-state index contributed by atoms with van der Waals surface area (Å²) in [5.41, 5.74) is 0.870. The van der Waals surface area contributed by atoms with Gasteiger partial charge in [-0.3, -0.25) is 0 Å². The molecule has 0 N–H and O–H groups in total. The van der Waals surface area contributed by atoms with Gasteiger partial charge in [0.15, 0.2) is 0 Å². The molecule has 0 atom stereocenters. The summed E-state index contributed by atoms with van der Waals surface area (Å²) in [7, 11) is 0. The molecule has 0 aromatic carbocycles. The highest BCUT2D eigenvalue weighted by atomic mass is 127. The van der Waals surface area contributed by atoms with Gasteiger partial charge < -0.3 is 4.74 Å². The van der Waals surface area contributed by atoms with Crippen molar-refractivity contribution >= 4 is 34.2 Å². The number of hydrogen-bond donors (Lipinski definition) is 0. The Balaban J connectivity index is 2.57. The van der Waals surface area contributed by atoms with E-state index >= 15 is 0 Å². The maximum atomic E-state index is 11.8. The van der Waals surface area contributed by atoms with Crippen molar-refractivity contribution in [1.29, 1.82) is 0 Å². The molecule has 1 rings (SSSR count). The maximum absolute atomic E-state index is 11.8. The van der Waals surface area contributed by atoms with Crippen LogP contribution in [0, 0.1) is 3.57 Å². The molecule has 0 aliphatic carbocycles. The lowest BCUT2D eigenvalue weighted by Gasteiger charge is -2.07. The summed E-state index contributed by atoms with van der Waals surface area (Å²) in [4.78, 5) is 8.38. The van der Waals surface area contributed by atoms with Gasteiger partial charge in [-0.05, 0) is 29.0 Å². The summed E-state index contributed by atoms with van der Waals surface area (Å²) in [5, 5.41) is 0.404. The number of alkyl halides is 2. The van der Waals surface area contributed by atoms with Crippen molar-refractivity contribution in [3.63, 3.8) is 0 Å². The standard InChI is InChI=1S/C10H12ClF2IN2O/c1-2-6-9(14)10(11)16-8(15-6)3-4-17-5-7(12)13/h7H,2-5H2,1H3. The minimum atomic E-state index is -2.44. The van der Waals surface area contributed by atoms with E-state index in [1.54, 1.807) is 0 Å². The zero-order chi connectivity index (χ0) is 12.8. The summed E-state index contributed by atoms with van der Waals surface area (Å²) >= 11 is 8.03. The molecule has 1 heterocycles. The first kappa shape index (κ1) is 15.0. The summed E-state index contributed by atoms with van der Waals surface area (Å²) in [6.45, 7) is 1.58. The zero-order valence-electron chi connectivity index (χ0n) is 9.22. The van der Waals surface area contributed by atoms with Crippen molar-refractivity contribution in [1.82, 2.24) is 9.97 Å². The fourth-order valence-electron chi connectivity index (χ4n) is 1.19. The predicted molar refractivity (Wildman–Crippen MR) is 69.7 cm³/mol. The average Bonchev–Trinajstić information content (AvgIpc) is 2.28. The van der Waals surface area contributed by atoms with E-state index in [4.69, 9.17) is 16.3 Å². The molecule has 0 saturated carbocycles. The van der Waals surface area contributed by atoms with Gasteiger partial charge in [0.05, 0.1) is 15.9 Å². The lowest BCUT2D eigenvalue weighted by Crippen LogP contribution is -2.10. The molecule has 7 heteroatoms. The van der Waals surface area contributed by atoms with E-state index < -0.39 is 13.0 Å². The molecule has 0 aliphatic rings. The Labute approximate surface area is 117 Å². The van der Waals surface area contributed by atoms with Crippen LogP contribution < -0.4 is 0 Å². The Kier molecular flexibility index (Phi) is 6.50. The van der Waals surface area contributed by atoms with E-state index in [9.17, 15) is 8.78 Å². The van der Waals surface area contributed by atoms with Crippen molar-refractivity contribution in [2.45, 2.75) is 26.2 Å². The molecule has 0 amide bonds. The van der Waals surface area contributed by atoms with Gasteiger partial charge in [0.2, 0.25) is 0 Å². The van der Waals surface area contributed by atoms with Crippen molar-refractivity contribution in [2.75, 3.05) is 13.2 Å². The van der Waals surface area contributed by atoms with Gasteiger partial charge >= 0.3 is 0 Å². The van der Waals surface area contributed by atoms with Crippen LogP contribution in [-0.4, -0.2) is 29.6 Å². The molecule has 0 unspecified atom stereocenters. The molecule has 0 bridgehead atoms. The van der Waals surface area contributed by atoms with Gasteiger partial charge in [0, 0.05) is 6.42 Å². The normalized spacial score (nSPS) is 11.2. The van der Waals surface area contributed by atoms with Gasteiger partial charge in [-0.1, -0.05) is 18.5 Å². The van der Waals surface area contributed by atoms with Crippen LogP contribution in [0.4, 0.5) is 8.78 Å². The summed E-state index contributed by atoms with van der Waals surface area (Å²) in [6.07, 6.45) is -1.30. The van der Waals surface area contributed by atoms with Gasteiger partial charge in [0.1, 0.15) is 17.6 Å². The smallest absolute Gasteiger partial charge is 0.261 e. The zero-order valence-corrected chi connectivity index (χ0v) is 12.1. The number of ether oxygens (including phenoxy) is 1. The highest BCUT2D eigenvalue weighted by Crippen LogP contribution is 2.19. The van der Waals surface area contributed by atoms with E-state index in [-0.39, 0.29) is 6.61 Å². The molecule has 0 fully saturated rings. The van der Waals surface area contributed by atoms with Gasteiger partial charge in [0.25, 0.3) is 6.43 Å². The third-order valence-corrected chi connectivity index (χ3v) is 3.70. The SMILES string of the molecule is CCc1nc(CCOCC(F)F)nc(Cl)c1I. The van der Waals surface area contributed by atoms with Crippen molar-refractivity contribution in [3.05, 3.63) is 20.2 Å². The van der Waals surface area contributed by atoms with Crippen LogP contribution in [0.15, 0.2) is 0 Å². The number of nitrogens with zero attached hydrogens (tertiary/aromatic N) is 2. The number of aromatic nitrogens is 2. The summed E-state index contributed by atoms with van der Waals surface area (Å²) in [5.74, 6) is 0.529. The van der Waals surface area contributed by atoms with Crippen LogP contribution in [0.5, 0.6) is 0 Å². The lowest BCUT2D eigenvalue weighted by molar-refractivity contribution is 0.0182. The third-order valence-electron chi connectivity index (χ3n) is 1.97.